The summed E-state index contributed by atoms with van der Waals surface area (Å²) in [7, 11) is 0. The van der Waals surface area contributed by atoms with Crippen molar-refractivity contribution in [2.75, 3.05) is 12.3 Å². The van der Waals surface area contributed by atoms with Gasteiger partial charge in [0, 0.05) is 16.7 Å². The van der Waals surface area contributed by atoms with Crippen molar-refractivity contribution in [3.05, 3.63) is 56.6 Å². The van der Waals surface area contributed by atoms with Gasteiger partial charge in [-0.25, -0.2) is 14.6 Å². The van der Waals surface area contributed by atoms with Crippen LogP contribution in [0.15, 0.2) is 34.8 Å². The minimum absolute atomic E-state index is 0.159. The Bertz CT molecular complexity index is 1340. The van der Waals surface area contributed by atoms with Gasteiger partial charge >= 0.3 is 24.3 Å². The second kappa shape index (κ2) is 17.2. The molecule has 11 nitrogen and oxygen atoms in total. The van der Waals surface area contributed by atoms with Crippen molar-refractivity contribution in [1.29, 1.82) is 0 Å². The summed E-state index contributed by atoms with van der Waals surface area (Å²) in [5, 5.41) is 23.8. The number of halogens is 8. The van der Waals surface area contributed by atoms with E-state index in [4.69, 9.17) is 37.1 Å². The third kappa shape index (κ3) is 14.3. The Kier molecular flexibility index (Phi) is 15.0. The number of aliphatic carboxylic acids is 2. The fraction of sp³-hybridized carbons (Fsp3) is 0.423. The molecule has 0 radical (unpaired) electrons. The first-order chi connectivity index (χ1) is 20.6. The van der Waals surface area contributed by atoms with E-state index in [0.29, 0.717) is 23.3 Å². The number of carbonyl (C=O) groups is 4. The van der Waals surface area contributed by atoms with Gasteiger partial charge in [-0.2, -0.15) is 26.3 Å². The normalized spacial score (nSPS) is 16.7. The van der Waals surface area contributed by atoms with Gasteiger partial charge in [0.1, 0.15) is 11.9 Å². The second-order valence-electron chi connectivity index (χ2n) is 9.55. The van der Waals surface area contributed by atoms with Gasteiger partial charge in [0.15, 0.2) is 0 Å². The summed E-state index contributed by atoms with van der Waals surface area (Å²) in [4.78, 5) is 47.0. The van der Waals surface area contributed by atoms with Gasteiger partial charge in [0.25, 0.3) is 0 Å². The lowest BCUT2D eigenvalue weighted by Crippen LogP contribution is -2.50. The Morgan fingerprint density at radius 3 is 2.13 bits per heavy atom. The number of nitrogens with one attached hydrogen (secondary N) is 3. The number of alkyl halides is 6. The number of benzene rings is 1. The van der Waals surface area contributed by atoms with Crippen LogP contribution in [0.5, 0.6) is 0 Å². The molecule has 2 heterocycles. The van der Waals surface area contributed by atoms with Crippen LogP contribution in [0.3, 0.4) is 0 Å². The van der Waals surface area contributed by atoms with E-state index in [0.717, 1.165) is 35.1 Å². The topological polar surface area (TPSA) is 184 Å². The highest BCUT2D eigenvalue weighted by molar-refractivity contribution is 9.10. The van der Waals surface area contributed by atoms with Crippen LogP contribution in [0.1, 0.15) is 30.2 Å². The molecule has 1 saturated heterocycles. The number of pyridine rings is 1. The number of nitrogens with two attached hydrogens (primary N) is 1. The molecule has 19 heteroatoms. The third-order valence-corrected chi connectivity index (χ3v) is 7.17. The Labute approximate surface area is 266 Å². The molecule has 0 spiro atoms. The maximum atomic E-state index is 12.6. The van der Waals surface area contributed by atoms with E-state index in [1.165, 1.54) is 5.56 Å². The van der Waals surface area contributed by atoms with Crippen LogP contribution in [-0.4, -0.2) is 69.9 Å². The number of hydrogen-bond donors (Lipinski definition) is 6. The Hall–Kier alpha value is -3.64. The number of carboxylic acids is 2. The Morgan fingerprint density at radius 2 is 1.64 bits per heavy atom. The van der Waals surface area contributed by atoms with Crippen molar-refractivity contribution in [2.45, 2.75) is 57.7 Å². The Balaban J connectivity index is 0.000000601. The zero-order valence-corrected chi connectivity index (χ0v) is 25.9. The quantitative estimate of drug-likeness (QED) is 0.229. The molecule has 1 aromatic carbocycles. The number of nitrogens with zero attached hydrogens (tertiary/aromatic N) is 1. The van der Waals surface area contributed by atoms with Crippen molar-refractivity contribution < 1.29 is 55.7 Å². The molecular formula is C26H29BrClF6N5O6. The van der Waals surface area contributed by atoms with E-state index >= 15 is 0 Å². The van der Waals surface area contributed by atoms with Gasteiger partial charge in [-0.05, 0) is 84.4 Å². The largest absolute Gasteiger partial charge is 0.490 e. The second-order valence-corrected chi connectivity index (χ2v) is 10.8. The smallest absolute Gasteiger partial charge is 0.475 e. The zero-order chi connectivity index (χ0) is 34.7. The first kappa shape index (κ1) is 39.4. The fourth-order valence-corrected chi connectivity index (χ4v) is 4.22. The number of amides is 2. The van der Waals surface area contributed by atoms with Gasteiger partial charge in [0.05, 0.1) is 11.1 Å². The zero-order valence-electron chi connectivity index (χ0n) is 23.5. The molecule has 45 heavy (non-hydrogen) atoms. The average molecular weight is 737 g/mol. The van der Waals surface area contributed by atoms with Crippen LogP contribution in [0.25, 0.3) is 0 Å². The molecule has 1 aromatic heterocycles. The molecule has 250 valence electrons. The molecule has 1 aliphatic rings. The lowest BCUT2D eigenvalue weighted by atomic mass is 9.96. The third-order valence-electron chi connectivity index (χ3n) is 5.95. The maximum Gasteiger partial charge on any atom is 0.490 e. The molecular weight excluding hydrogens is 708 g/mol. The highest BCUT2D eigenvalue weighted by Gasteiger charge is 2.39. The van der Waals surface area contributed by atoms with Gasteiger partial charge in [-0.3, -0.25) is 9.59 Å². The number of nitrogen functional groups attached to an aromatic ring is 1. The molecule has 2 amide bonds. The molecule has 0 bridgehead atoms. The minimum atomic E-state index is -5.08. The number of aromatic nitrogens is 1. The summed E-state index contributed by atoms with van der Waals surface area (Å²) in [5.74, 6) is -5.13. The van der Waals surface area contributed by atoms with E-state index in [-0.39, 0.29) is 17.9 Å². The predicted molar refractivity (Wildman–Crippen MR) is 153 cm³/mol. The molecule has 0 unspecified atom stereocenters. The highest BCUT2D eigenvalue weighted by atomic mass is 79.9. The lowest BCUT2D eigenvalue weighted by Gasteiger charge is -2.17. The molecule has 3 atom stereocenters. The van der Waals surface area contributed by atoms with Crippen LogP contribution < -0.4 is 21.7 Å². The highest BCUT2D eigenvalue weighted by Crippen LogP contribution is 2.26. The fourth-order valence-electron chi connectivity index (χ4n) is 3.68. The summed E-state index contributed by atoms with van der Waals surface area (Å²) >= 11 is 9.50. The first-order valence-corrected chi connectivity index (χ1v) is 13.9. The monoisotopic (exact) mass is 735 g/mol. The number of carbonyl (C=O) groups excluding carboxylic acids is 2. The number of anilines is 1. The average Bonchev–Trinajstić information content (AvgIpc) is 3.38. The van der Waals surface area contributed by atoms with E-state index in [9.17, 15) is 35.9 Å². The number of hydrogen-bond acceptors (Lipinski definition) is 7. The van der Waals surface area contributed by atoms with Gasteiger partial charge in [0.2, 0.25) is 11.8 Å². The van der Waals surface area contributed by atoms with Crippen LogP contribution in [0.4, 0.5) is 32.2 Å². The van der Waals surface area contributed by atoms with Crippen molar-refractivity contribution in [3.8, 4) is 0 Å². The van der Waals surface area contributed by atoms with E-state index in [2.05, 4.69) is 36.9 Å². The van der Waals surface area contributed by atoms with Crippen molar-refractivity contribution in [3.63, 3.8) is 0 Å². The molecule has 2 aromatic rings. The standard InChI is InChI=1S/C22H27BrClN5O2.2C2HF3O2/c1-12-16(4-6-20(25)28-12)11-27-21(30)13(2)29-22(31)19-9-15(10-26-19)7-14-3-5-18(24)17(23)8-14;2*3-2(4,5)1(6)7/h3-6,8,13,15,19,26H,7,9-11H2,1-2H3,(H2,25,28)(H,27,30)(H,29,31);2*(H,6,7)/t13-,15-,19+;;/m0../s1. The van der Waals surface area contributed by atoms with Crippen LogP contribution in [0.2, 0.25) is 5.02 Å². The summed E-state index contributed by atoms with van der Waals surface area (Å²) in [6.07, 6.45) is -8.59. The molecule has 3 rings (SSSR count). The SMILES string of the molecule is Cc1nc(N)ccc1CNC(=O)[C@H](C)NC(=O)[C@H]1C[C@H](Cc2ccc(Cl)c(Br)c2)CN1.O=C(O)C(F)(F)F.O=C(O)C(F)(F)F. The summed E-state index contributed by atoms with van der Waals surface area (Å²) in [5.41, 5.74) is 8.48. The van der Waals surface area contributed by atoms with E-state index < -0.39 is 30.3 Å². The van der Waals surface area contributed by atoms with Gasteiger partial charge in [-0.1, -0.05) is 23.7 Å². The van der Waals surface area contributed by atoms with E-state index in [1.807, 2.05) is 31.2 Å². The maximum absolute atomic E-state index is 12.6. The first-order valence-electron chi connectivity index (χ1n) is 12.7. The van der Waals surface area contributed by atoms with Crippen molar-refractivity contribution in [2.24, 2.45) is 5.92 Å². The number of carboxylic acid groups (broad SMARTS) is 2. The van der Waals surface area contributed by atoms with Crippen molar-refractivity contribution in [1.82, 2.24) is 20.9 Å². The molecule has 7 N–H and O–H groups in total. The van der Waals surface area contributed by atoms with E-state index in [1.54, 1.807) is 13.0 Å². The minimum Gasteiger partial charge on any atom is -0.475 e. The lowest BCUT2D eigenvalue weighted by molar-refractivity contribution is -0.193. The molecule has 0 saturated carbocycles. The summed E-state index contributed by atoms with van der Waals surface area (Å²) < 4.78 is 64.3. The summed E-state index contributed by atoms with van der Waals surface area (Å²) in [6.45, 7) is 4.61. The van der Waals surface area contributed by atoms with Crippen molar-refractivity contribution >= 4 is 57.1 Å². The summed E-state index contributed by atoms with van der Waals surface area (Å²) in [6, 6.07) is 8.48. The van der Waals surface area contributed by atoms with Crippen LogP contribution in [-0.2, 0) is 32.1 Å². The Morgan fingerprint density at radius 1 is 1.09 bits per heavy atom. The predicted octanol–water partition coefficient (Wildman–Crippen LogP) is 4.00. The van der Waals surface area contributed by atoms with Gasteiger partial charge < -0.3 is 31.9 Å². The molecule has 1 fully saturated rings. The molecule has 0 aliphatic carbocycles. The number of rotatable bonds is 7. The molecule has 1 aliphatic heterocycles. The van der Waals surface area contributed by atoms with Crippen LogP contribution in [0, 0.1) is 12.8 Å². The van der Waals surface area contributed by atoms with Crippen LogP contribution >= 0.6 is 27.5 Å². The van der Waals surface area contributed by atoms with Gasteiger partial charge in [-0.15, -0.1) is 0 Å². The number of aryl methyl sites for hydroxylation is 1.